The van der Waals surface area contributed by atoms with Gasteiger partial charge in [0.2, 0.25) is 0 Å². The molecule has 0 saturated carbocycles. The van der Waals surface area contributed by atoms with Crippen LogP contribution in [0.3, 0.4) is 0 Å². The highest BCUT2D eigenvalue weighted by molar-refractivity contribution is 6.37. The summed E-state index contributed by atoms with van der Waals surface area (Å²) >= 11 is 11.7. The molecule has 0 saturated heterocycles. The molecule has 2 aromatic rings. The summed E-state index contributed by atoms with van der Waals surface area (Å²) in [6.45, 7) is 0. The summed E-state index contributed by atoms with van der Waals surface area (Å²) in [6, 6.07) is 4.78. The van der Waals surface area contributed by atoms with E-state index in [1.807, 2.05) is 0 Å². The summed E-state index contributed by atoms with van der Waals surface area (Å²) in [6.07, 6.45) is 7.99. The van der Waals surface area contributed by atoms with E-state index in [-0.39, 0.29) is 5.78 Å². The van der Waals surface area contributed by atoms with Gasteiger partial charge in [0.05, 0.1) is 11.3 Å². The lowest BCUT2D eigenvalue weighted by Crippen LogP contribution is -1.96. The van der Waals surface area contributed by atoms with Crippen molar-refractivity contribution in [2.24, 2.45) is 0 Å². The van der Waals surface area contributed by atoms with Crippen molar-refractivity contribution in [2.45, 2.75) is 0 Å². The van der Waals surface area contributed by atoms with Crippen LogP contribution in [0.2, 0.25) is 10.0 Å². The summed E-state index contributed by atoms with van der Waals surface area (Å²) in [5.41, 5.74) is 0.424. The molecule has 1 aromatic heterocycles. The van der Waals surface area contributed by atoms with Crippen molar-refractivity contribution < 1.29 is 4.79 Å². The summed E-state index contributed by atoms with van der Waals surface area (Å²) in [4.78, 5) is 15.7. The SMILES string of the molecule is O=C(/C=C/n1ccnc1)c1ccc(Cl)cc1Cl. The zero-order chi connectivity index (χ0) is 12.3. The van der Waals surface area contributed by atoms with Crippen LogP contribution < -0.4 is 0 Å². The molecule has 0 aliphatic heterocycles. The van der Waals surface area contributed by atoms with E-state index in [2.05, 4.69) is 4.98 Å². The molecule has 0 amide bonds. The average Bonchev–Trinajstić information content (AvgIpc) is 2.78. The van der Waals surface area contributed by atoms with Gasteiger partial charge in [-0.1, -0.05) is 23.2 Å². The van der Waals surface area contributed by atoms with Crippen LogP contribution in [0.1, 0.15) is 10.4 Å². The van der Waals surface area contributed by atoms with E-state index in [1.165, 1.54) is 6.08 Å². The molecular weight excluding hydrogens is 259 g/mol. The Hall–Kier alpha value is -1.58. The minimum atomic E-state index is -0.180. The fourth-order valence-electron chi connectivity index (χ4n) is 1.29. The zero-order valence-corrected chi connectivity index (χ0v) is 10.2. The second-order valence-corrected chi connectivity index (χ2v) is 4.16. The fraction of sp³-hybridized carbons (Fsp3) is 0. The van der Waals surface area contributed by atoms with E-state index in [0.717, 1.165) is 0 Å². The highest BCUT2D eigenvalue weighted by atomic mass is 35.5. The van der Waals surface area contributed by atoms with E-state index in [9.17, 15) is 4.79 Å². The third-order valence-electron chi connectivity index (χ3n) is 2.12. The molecule has 0 fully saturated rings. The van der Waals surface area contributed by atoms with Crippen molar-refractivity contribution in [1.82, 2.24) is 9.55 Å². The monoisotopic (exact) mass is 266 g/mol. The average molecular weight is 267 g/mol. The Labute approximate surface area is 108 Å². The Kier molecular flexibility index (Phi) is 3.61. The number of ketones is 1. The van der Waals surface area contributed by atoms with Gasteiger partial charge in [-0.15, -0.1) is 0 Å². The number of halogens is 2. The van der Waals surface area contributed by atoms with E-state index in [1.54, 1.807) is 47.7 Å². The summed E-state index contributed by atoms with van der Waals surface area (Å²) < 4.78 is 1.67. The molecule has 0 bridgehead atoms. The van der Waals surface area contributed by atoms with Gasteiger partial charge in [0.1, 0.15) is 0 Å². The number of rotatable bonds is 3. The molecule has 5 heteroatoms. The lowest BCUT2D eigenvalue weighted by atomic mass is 10.1. The van der Waals surface area contributed by atoms with Crippen molar-refractivity contribution in [3.8, 4) is 0 Å². The van der Waals surface area contributed by atoms with Gasteiger partial charge in [-0.25, -0.2) is 4.98 Å². The number of nitrogens with zero attached hydrogens (tertiary/aromatic N) is 2. The van der Waals surface area contributed by atoms with Gasteiger partial charge in [-0.3, -0.25) is 4.79 Å². The zero-order valence-electron chi connectivity index (χ0n) is 8.68. The Balaban J connectivity index is 2.20. The number of hydrogen-bond donors (Lipinski definition) is 0. The second kappa shape index (κ2) is 5.17. The van der Waals surface area contributed by atoms with Gasteiger partial charge in [-0.05, 0) is 18.2 Å². The van der Waals surface area contributed by atoms with Crippen molar-refractivity contribution in [3.63, 3.8) is 0 Å². The van der Waals surface area contributed by atoms with Crippen LogP contribution >= 0.6 is 23.2 Å². The van der Waals surface area contributed by atoms with Crippen LogP contribution in [-0.4, -0.2) is 15.3 Å². The molecule has 0 unspecified atom stereocenters. The predicted molar refractivity (Wildman–Crippen MR) is 68.3 cm³/mol. The highest BCUT2D eigenvalue weighted by Gasteiger charge is 2.07. The van der Waals surface area contributed by atoms with Crippen LogP contribution in [-0.2, 0) is 0 Å². The molecule has 0 atom stereocenters. The second-order valence-electron chi connectivity index (χ2n) is 3.31. The Bertz CT molecular complexity index is 562. The van der Waals surface area contributed by atoms with Crippen molar-refractivity contribution >= 4 is 35.2 Å². The first kappa shape index (κ1) is 11.9. The van der Waals surface area contributed by atoms with Gasteiger partial charge in [0.15, 0.2) is 5.78 Å². The van der Waals surface area contributed by atoms with Gasteiger partial charge in [0.25, 0.3) is 0 Å². The molecule has 0 aliphatic carbocycles. The number of carbonyl (C=O) groups excluding carboxylic acids is 1. The number of aromatic nitrogens is 2. The predicted octanol–water partition coefficient (Wildman–Crippen LogP) is 3.54. The lowest BCUT2D eigenvalue weighted by molar-refractivity contribution is 0.104. The van der Waals surface area contributed by atoms with Crippen molar-refractivity contribution in [2.75, 3.05) is 0 Å². The quantitative estimate of drug-likeness (QED) is 0.629. The fourth-order valence-corrected chi connectivity index (χ4v) is 1.79. The van der Waals surface area contributed by atoms with E-state index < -0.39 is 0 Å². The van der Waals surface area contributed by atoms with Crippen LogP contribution in [0, 0.1) is 0 Å². The smallest absolute Gasteiger partial charge is 0.188 e. The molecule has 0 spiro atoms. The molecule has 1 heterocycles. The molecule has 2 rings (SSSR count). The number of carbonyl (C=O) groups is 1. The molecule has 0 radical (unpaired) electrons. The molecule has 1 aromatic carbocycles. The normalized spacial score (nSPS) is 10.9. The standard InChI is InChI=1S/C12H8Cl2N2O/c13-9-1-2-10(11(14)7-9)12(17)3-5-16-6-4-15-8-16/h1-8H/b5-3+. The maximum atomic E-state index is 11.8. The summed E-state index contributed by atoms with van der Waals surface area (Å²) in [5.74, 6) is -0.180. The highest BCUT2D eigenvalue weighted by Crippen LogP contribution is 2.21. The lowest BCUT2D eigenvalue weighted by Gasteiger charge is -2.00. The number of benzene rings is 1. The number of imidazole rings is 1. The minimum Gasteiger partial charge on any atom is -0.313 e. The van der Waals surface area contributed by atoms with E-state index >= 15 is 0 Å². The van der Waals surface area contributed by atoms with Gasteiger partial charge >= 0.3 is 0 Å². The molecule has 3 nitrogen and oxygen atoms in total. The topological polar surface area (TPSA) is 34.9 Å². The maximum absolute atomic E-state index is 11.8. The first-order chi connectivity index (χ1) is 8.16. The Morgan fingerprint density at radius 3 is 2.82 bits per heavy atom. The molecule has 86 valence electrons. The first-order valence-electron chi connectivity index (χ1n) is 4.82. The largest absolute Gasteiger partial charge is 0.313 e. The van der Waals surface area contributed by atoms with E-state index in [0.29, 0.717) is 15.6 Å². The van der Waals surface area contributed by atoms with Crippen molar-refractivity contribution in [3.05, 3.63) is 58.6 Å². The van der Waals surface area contributed by atoms with E-state index in [4.69, 9.17) is 23.2 Å². The first-order valence-corrected chi connectivity index (χ1v) is 5.57. The van der Waals surface area contributed by atoms with Gasteiger partial charge in [0, 0.05) is 35.3 Å². The molecule has 0 N–H and O–H groups in total. The third kappa shape index (κ3) is 2.96. The van der Waals surface area contributed by atoms with Crippen molar-refractivity contribution in [1.29, 1.82) is 0 Å². The van der Waals surface area contributed by atoms with Gasteiger partial charge < -0.3 is 4.57 Å². The van der Waals surface area contributed by atoms with Gasteiger partial charge in [-0.2, -0.15) is 0 Å². The Morgan fingerprint density at radius 2 is 2.18 bits per heavy atom. The van der Waals surface area contributed by atoms with Crippen LogP contribution in [0.15, 0.2) is 43.0 Å². The maximum Gasteiger partial charge on any atom is 0.188 e. The van der Waals surface area contributed by atoms with Crippen LogP contribution in [0.25, 0.3) is 6.20 Å². The molecule has 17 heavy (non-hydrogen) atoms. The number of allylic oxidation sites excluding steroid dienone is 1. The Morgan fingerprint density at radius 1 is 1.35 bits per heavy atom. The summed E-state index contributed by atoms with van der Waals surface area (Å²) in [7, 11) is 0. The third-order valence-corrected chi connectivity index (χ3v) is 2.67. The minimum absolute atomic E-state index is 0.180. The van der Waals surface area contributed by atoms with Crippen LogP contribution in [0.4, 0.5) is 0 Å². The van der Waals surface area contributed by atoms with Crippen LogP contribution in [0.5, 0.6) is 0 Å². The summed E-state index contributed by atoms with van der Waals surface area (Å²) in [5, 5.41) is 0.850. The molecule has 0 aliphatic rings. The number of hydrogen-bond acceptors (Lipinski definition) is 2. The molecular formula is C12H8Cl2N2O.